The molecular formula is C11H18N2O5. The van der Waals surface area contributed by atoms with E-state index in [2.05, 4.69) is 12.2 Å². The number of amides is 2. The highest BCUT2D eigenvalue weighted by atomic mass is 16.4. The first-order valence-electron chi connectivity index (χ1n) is 5.77. The van der Waals surface area contributed by atoms with Crippen LogP contribution in [0.5, 0.6) is 0 Å². The summed E-state index contributed by atoms with van der Waals surface area (Å²) in [4.78, 5) is 34.3. The first-order chi connectivity index (χ1) is 8.31. The van der Waals surface area contributed by atoms with E-state index >= 15 is 0 Å². The van der Waals surface area contributed by atoms with Crippen LogP contribution < -0.4 is 5.32 Å². The number of carbonyl (C=O) groups is 3. The van der Waals surface area contributed by atoms with Crippen molar-refractivity contribution >= 4 is 18.0 Å². The number of rotatable bonds is 6. The van der Waals surface area contributed by atoms with Crippen molar-refractivity contribution in [3.05, 3.63) is 0 Å². The molecule has 0 heterocycles. The average molecular weight is 258 g/mol. The molecule has 0 saturated heterocycles. The number of hydrogen-bond acceptors (Lipinski definition) is 3. The van der Waals surface area contributed by atoms with E-state index in [1.54, 1.807) is 7.05 Å². The second kappa shape index (κ2) is 5.70. The Morgan fingerprint density at radius 2 is 1.94 bits per heavy atom. The Labute approximate surface area is 105 Å². The molecule has 1 saturated carbocycles. The molecule has 2 amide bonds. The molecule has 0 aliphatic heterocycles. The second-order valence-corrected chi connectivity index (χ2v) is 4.79. The molecule has 0 aromatic carbocycles. The van der Waals surface area contributed by atoms with Gasteiger partial charge in [0.05, 0.1) is 6.42 Å². The lowest BCUT2D eigenvalue weighted by Crippen LogP contribution is -2.48. The molecule has 1 aliphatic carbocycles. The molecule has 0 spiro atoms. The summed E-state index contributed by atoms with van der Waals surface area (Å²) in [6.07, 6.45) is 0.434. The van der Waals surface area contributed by atoms with Gasteiger partial charge in [-0.05, 0) is 18.3 Å². The minimum atomic E-state index is -1.39. The molecular weight excluding hydrogens is 240 g/mol. The quantitative estimate of drug-likeness (QED) is 0.631. The smallest absolute Gasteiger partial charge is 0.326 e. The average Bonchev–Trinajstić information content (AvgIpc) is 2.92. The van der Waals surface area contributed by atoms with Gasteiger partial charge >= 0.3 is 18.0 Å². The number of aliphatic carboxylic acids is 2. The maximum atomic E-state index is 11.7. The Balaban J connectivity index is 2.44. The Hall–Kier alpha value is -1.79. The fourth-order valence-corrected chi connectivity index (χ4v) is 1.72. The first-order valence-corrected chi connectivity index (χ1v) is 5.77. The van der Waals surface area contributed by atoms with Crippen LogP contribution in [0.15, 0.2) is 0 Å². The molecule has 1 aliphatic rings. The van der Waals surface area contributed by atoms with Crippen molar-refractivity contribution in [3.63, 3.8) is 0 Å². The molecule has 18 heavy (non-hydrogen) atoms. The van der Waals surface area contributed by atoms with E-state index in [1.807, 2.05) is 0 Å². The number of carboxylic acid groups (broad SMARTS) is 2. The van der Waals surface area contributed by atoms with Gasteiger partial charge in [0.1, 0.15) is 6.04 Å². The number of nitrogens with one attached hydrogen (secondary N) is 1. The molecule has 7 heteroatoms. The van der Waals surface area contributed by atoms with E-state index in [9.17, 15) is 14.4 Å². The first kappa shape index (κ1) is 14.3. The highest BCUT2D eigenvalue weighted by Gasteiger charge is 2.34. The van der Waals surface area contributed by atoms with E-state index in [4.69, 9.17) is 10.2 Å². The summed E-state index contributed by atoms with van der Waals surface area (Å²) in [5, 5.41) is 19.5. The normalized spacial score (nSPS) is 23.0. The molecule has 102 valence electrons. The molecule has 0 radical (unpaired) electrons. The Kier molecular flexibility index (Phi) is 4.52. The number of carboxylic acids is 2. The molecule has 0 aromatic heterocycles. The molecule has 1 fully saturated rings. The van der Waals surface area contributed by atoms with Crippen LogP contribution in [0.1, 0.15) is 19.8 Å². The van der Waals surface area contributed by atoms with E-state index in [-0.39, 0.29) is 0 Å². The second-order valence-electron chi connectivity index (χ2n) is 4.79. The third-order valence-corrected chi connectivity index (χ3v) is 3.11. The van der Waals surface area contributed by atoms with E-state index in [0.29, 0.717) is 18.4 Å². The Bertz CT molecular complexity index is 357. The molecule has 1 rings (SSSR count). The predicted molar refractivity (Wildman–Crippen MR) is 62.1 cm³/mol. The maximum Gasteiger partial charge on any atom is 0.326 e. The SMILES string of the molecule is CC1CC1CN(C)C(=O)N[C@H](CC(=O)O)C(=O)O. The third-order valence-electron chi connectivity index (χ3n) is 3.11. The Morgan fingerprint density at radius 3 is 2.33 bits per heavy atom. The highest BCUT2D eigenvalue weighted by molar-refractivity contribution is 5.86. The number of nitrogens with zero attached hydrogens (tertiary/aromatic N) is 1. The molecule has 0 aromatic rings. The van der Waals surface area contributed by atoms with Gasteiger partial charge < -0.3 is 20.4 Å². The van der Waals surface area contributed by atoms with Crippen molar-refractivity contribution in [2.75, 3.05) is 13.6 Å². The van der Waals surface area contributed by atoms with Crippen LogP contribution in [0, 0.1) is 11.8 Å². The summed E-state index contributed by atoms with van der Waals surface area (Å²) in [5.74, 6) is -1.56. The zero-order chi connectivity index (χ0) is 13.9. The molecule has 7 nitrogen and oxygen atoms in total. The van der Waals surface area contributed by atoms with Crippen molar-refractivity contribution in [1.82, 2.24) is 10.2 Å². The molecule has 0 bridgehead atoms. The van der Waals surface area contributed by atoms with Gasteiger partial charge in [-0.15, -0.1) is 0 Å². The number of urea groups is 1. The van der Waals surface area contributed by atoms with Crippen LogP contribution in [0.4, 0.5) is 4.79 Å². The lowest BCUT2D eigenvalue weighted by molar-refractivity contribution is -0.145. The molecule has 3 atom stereocenters. The lowest BCUT2D eigenvalue weighted by atomic mass is 10.2. The van der Waals surface area contributed by atoms with Gasteiger partial charge in [-0.3, -0.25) is 4.79 Å². The largest absolute Gasteiger partial charge is 0.481 e. The summed E-state index contributed by atoms with van der Waals surface area (Å²) in [6.45, 7) is 2.65. The van der Waals surface area contributed by atoms with Gasteiger partial charge in [0.15, 0.2) is 0 Å². The number of carbonyl (C=O) groups excluding carboxylic acids is 1. The predicted octanol–water partition coefficient (Wildman–Crippen LogP) is 0.212. The summed E-state index contributed by atoms with van der Waals surface area (Å²) in [6, 6.07) is -1.95. The van der Waals surface area contributed by atoms with Crippen LogP contribution in [0.2, 0.25) is 0 Å². The highest BCUT2D eigenvalue weighted by Crippen LogP contribution is 2.37. The van der Waals surface area contributed by atoms with Crippen LogP contribution in [0.3, 0.4) is 0 Å². The maximum absolute atomic E-state index is 11.7. The van der Waals surface area contributed by atoms with Crippen LogP contribution in [-0.2, 0) is 9.59 Å². The zero-order valence-electron chi connectivity index (χ0n) is 10.4. The summed E-state index contributed by atoms with van der Waals surface area (Å²) in [5.41, 5.74) is 0. The van der Waals surface area contributed by atoms with Crippen LogP contribution in [0.25, 0.3) is 0 Å². The minimum absolute atomic E-state index is 0.462. The molecule has 2 unspecified atom stereocenters. The van der Waals surface area contributed by atoms with Crippen molar-refractivity contribution in [2.45, 2.75) is 25.8 Å². The van der Waals surface area contributed by atoms with E-state index in [1.165, 1.54) is 4.90 Å². The fraction of sp³-hybridized carbons (Fsp3) is 0.727. The lowest BCUT2D eigenvalue weighted by Gasteiger charge is -2.20. The van der Waals surface area contributed by atoms with E-state index in [0.717, 1.165) is 6.42 Å². The van der Waals surface area contributed by atoms with E-state index < -0.39 is 30.4 Å². The zero-order valence-corrected chi connectivity index (χ0v) is 10.4. The van der Waals surface area contributed by atoms with Gasteiger partial charge in [0.2, 0.25) is 0 Å². The van der Waals surface area contributed by atoms with Gasteiger partial charge in [-0.25, -0.2) is 9.59 Å². The van der Waals surface area contributed by atoms with Gasteiger partial charge in [0, 0.05) is 13.6 Å². The summed E-state index contributed by atoms with van der Waals surface area (Å²) >= 11 is 0. The third kappa shape index (κ3) is 4.23. The topological polar surface area (TPSA) is 107 Å². The number of hydrogen-bond donors (Lipinski definition) is 3. The van der Waals surface area contributed by atoms with Gasteiger partial charge in [-0.1, -0.05) is 6.92 Å². The van der Waals surface area contributed by atoms with Gasteiger partial charge in [-0.2, -0.15) is 0 Å². The fourth-order valence-electron chi connectivity index (χ4n) is 1.72. The van der Waals surface area contributed by atoms with Crippen molar-refractivity contribution < 1.29 is 24.6 Å². The van der Waals surface area contributed by atoms with Crippen LogP contribution >= 0.6 is 0 Å². The van der Waals surface area contributed by atoms with Crippen molar-refractivity contribution in [2.24, 2.45) is 11.8 Å². The van der Waals surface area contributed by atoms with Crippen molar-refractivity contribution in [1.29, 1.82) is 0 Å². The summed E-state index contributed by atoms with van der Waals surface area (Å²) in [7, 11) is 1.57. The summed E-state index contributed by atoms with van der Waals surface area (Å²) < 4.78 is 0. The monoisotopic (exact) mass is 258 g/mol. The Morgan fingerprint density at radius 1 is 1.39 bits per heavy atom. The molecule has 3 N–H and O–H groups in total. The minimum Gasteiger partial charge on any atom is -0.481 e. The van der Waals surface area contributed by atoms with Crippen LogP contribution in [-0.4, -0.2) is 52.7 Å². The van der Waals surface area contributed by atoms with Crippen molar-refractivity contribution in [3.8, 4) is 0 Å². The van der Waals surface area contributed by atoms with Gasteiger partial charge in [0.25, 0.3) is 0 Å². The standard InChI is InChI=1S/C11H18N2O5/c1-6-3-7(6)5-13(2)11(18)12-8(10(16)17)4-9(14)15/h6-8H,3-5H2,1-2H3,(H,12,18)(H,14,15)(H,16,17)/t6?,7?,8-/m1/s1.